The predicted molar refractivity (Wildman–Crippen MR) is 172 cm³/mol. The second-order valence-corrected chi connectivity index (χ2v) is 13.8. The van der Waals surface area contributed by atoms with Crippen molar-refractivity contribution in [1.29, 1.82) is 0 Å². The van der Waals surface area contributed by atoms with Crippen molar-refractivity contribution in [3.05, 3.63) is 129 Å². The normalized spacial score (nSPS) is 28.5. The maximum atomic E-state index is 2.58. The average Bonchev–Trinajstić information content (AvgIpc) is 3.84. The Morgan fingerprint density at radius 2 is 1.67 bits per heavy atom. The molecule has 2 fully saturated rings. The summed E-state index contributed by atoms with van der Waals surface area (Å²) in [5.41, 5.74) is 6.34. The molecule has 3 aromatic carbocycles. The van der Waals surface area contributed by atoms with Crippen molar-refractivity contribution in [2.75, 3.05) is 6.26 Å². The third-order valence-corrected chi connectivity index (χ3v) is 12.2. The van der Waals surface area contributed by atoms with Gasteiger partial charge < -0.3 is 0 Å². The number of hydrogen-bond donors (Lipinski definition) is 0. The van der Waals surface area contributed by atoms with Gasteiger partial charge in [0, 0.05) is 25.5 Å². The van der Waals surface area contributed by atoms with Crippen LogP contribution in [0.3, 0.4) is 0 Å². The fraction of sp³-hybridized carbons (Fsp3) is 0.243. The molecular formula is C37H32S2. The lowest BCUT2D eigenvalue weighted by molar-refractivity contribution is 0.604. The fourth-order valence-corrected chi connectivity index (χ4v) is 9.52. The number of hydrogen-bond acceptors (Lipinski definition) is 2. The number of fused-ring (bicyclic) bond motifs is 4. The molecule has 0 bridgehead atoms. The maximum absolute atomic E-state index is 2.58. The quantitative estimate of drug-likeness (QED) is 0.138. The van der Waals surface area contributed by atoms with Crippen LogP contribution in [-0.2, 0) is 5.41 Å². The van der Waals surface area contributed by atoms with Gasteiger partial charge >= 0.3 is 0 Å². The van der Waals surface area contributed by atoms with E-state index in [1.165, 1.54) is 65.7 Å². The first-order valence-electron chi connectivity index (χ1n) is 14.1. The van der Waals surface area contributed by atoms with Gasteiger partial charge in [0.1, 0.15) is 0 Å². The van der Waals surface area contributed by atoms with Gasteiger partial charge in [0.05, 0.1) is 0 Å². The minimum atomic E-state index is 0.253. The summed E-state index contributed by atoms with van der Waals surface area (Å²) in [5, 5.41) is 5.42. The highest BCUT2D eigenvalue weighted by Gasteiger charge is 2.67. The van der Waals surface area contributed by atoms with Crippen molar-refractivity contribution in [2.24, 2.45) is 17.3 Å². The number of allylic oxidation sites excluding steroid dienone is 8. The zero-order chi connectivity index (χ0) is 26.4. The number of thioether (sulfide) groups is 1. The van der Waals surface area contributed by atoms with E-state index in [1.807, 2.05) is 23.1 Å². The standard InChI is InChI=1S/C37H32S2/c1-23-27-10-4-5-11-28(27)24(2)30-20-25(14-15-29(23)30)8-6-13-33(38-3)34-16-17-35(39-34)37-19-18-36-21-26(36)9-7-12-31(36)32(37)22-37/h4-20,26,32H,21-22H2,1-3H3/b8-6+,33-13-. The van der Waals surface area contributed by atoms with E-state index >= 15 is 0 Å². The van der Waals surface area contributed by atoms with E-state index in [0.717, 1.165) is 5.92 Å². The van der Waals surface area contributed by atoms with Crippen molar-refractivity contribution in [3.8, 4) is 0 Å². The summed E-state index contributed by atoms with van der Waals surface area (Å²) in [7, 11) is 0. The van der Waals surface area contributed by atoms with Gasteiger partial charge in [-0.15, -0.1) is 23.1 Å². The smallest absolute Gasteiger partial charge is 0.0409 e. The zero-order valence-corrected chi connectivity index (χ0v) is 24.3. The first-order chi connectivity index (χ1) is 19.0. The van der Waals surface area contributed by atoms with Crippen molar-refractivity contribution in [2.45, 2.75) is 32.1 Å². The highest BCUT2D eigenvalue weighted by molar-refractivity contribution is 8.07. The molecule has 4 aliphatic carbocycles. The molecule has 4 aliphatic rings. The Hall–Kier alpha value is -3.07. The summed E-state index contributed by atoms with van der Waals surface area (Å²) in [5.74, 6) is 1.47. The van der Waals surface area contributed by atoms with E-state index in [4.69, 9.17) is 0 Å². The zero-order valence-electron chi connectivity index (χ0n) is 22.7. The Kier molecular flexibility index (Phi) is 5.16. The van der Waals surface area contributed by atoms with E-state index in [2.05, 4.69) is 123 Å². The summed E-state index contributed by atoms with van der Waals surface area (Å²) >= 11 is 3.84. The number of benzene rings is 3. The first-order valence-corrected chi connectivity index (χ1v) is 16.1. The number of thiophene rings is 1. The minimum absolute atomic E-state index is 0.253. The monoisotopic (exact) mass is 540 g/mol. The minimum Gasteiger partial charge on any atom is -0.139 e. The summed E-state index contributed by atoms with van der Waals surface area (Å²) in [4.78, 5) is 4.26. The molecule has 0 N–H and O–H groups in total. The van der Waals surface area contributed by atoms with Crippen LogP contribution in [0.15, 0.2) is 103 Å². The van der Waals surface area contributed by atoms with Crippen LogP contribution in [0, 0.1) is 31.1 Å². The van der Waals surface area contributed by atoms with Crippen LogP contribution >= 0.6 is 23.1 Å². The molecule has 2 heteroatoms. The molecule has 0 amide bonds. The number of rotatable bonds is 5. The second kappa shape index (κ2) is 8.46. The van der Waals surface area contributed by atoms with E-state index < -0.39 is 0 Å². The molecule has 4 aromatic rings. The van der Waals surface area contributed by atoms with Crippen LogP contribution in [0.2, 0.25) is 0 Å². The van der Waals surface area contributed by atoms with E-state index in [1.54, 1.807) is 5.57 Å². The van der Waals surface area contributed by atoms with Gasteiger partial charge in [-0.05, 0) is 107 Å². The molecule has 1 spiro atoms. The molecule has 1 aromatic heterocycles. The molecule has 0 nitrogen and oxygen atoms in total. The summed E-state index contributed by atoms with van der Waals surface area (Å²) in [6, 6.07) is 20.4. The molecule has 0 aliphatic heterocycles. The lowest BCUT2D eigenvalue weighted by atomic mass is 9.78. The van der Waals surface area contributed by atoms with Crippen LogP contribution in [0.5, 0.6) is 0 Å². The van der Waals surface area contributed by atoms with Crippen molar-refractivity contribution < 1.29 is 0 Å². The average molecular weight is 541 g/mol. The van der Waals surface area contributed by atoms with Crippen molar-refractivity contribution in [3.63, 3.8) is 0 Å². The topological polar surface area (TPSA) is 0 Å². The summed E-state index contributed by atoms with van der Waals surface area (Å²) < 4.78 is 0. The molecule has 39 heavy (non-hydrogen) atoms. The SMILES string of the molecule is CS/C(=C\C=C\c1ccc2c(C)c3ccccc3c(C)c2c1)c1ccc(C23C=CC45CC4C=CC=C5C2C3)s1. The fourth-order valence-electron chi connectivity index (χ4n) is 7.50. The highest BCUT2D eigenvalue weighted by Crippen LogP contribution is 2.74. The van der Waals surface area contributed by atoms with E-state index in [-0.39, 0.29) is 5.41 Å². The molecular weight excluding hydrogens is 509 g/mol. The molecule has 4 atom stereocenters. The Morgan fingerprint density at radius 3 is 2.49 bits per heavy atom. The third-order valence-electron chi connectivity index (χ3n) is 9.92. The first kappa shape index (κ1) is 23.8. The van der Waals surface area contributed by atoms with Crippen molar-refractivity contribution in [1.82, 2.24) is 0 Å². The Morgan fingerprint density at radius 1 is 0.897 bits per heavy atom. The van der Waals surface area contributed by atoms with Gasteiger partial charge in [-0.1, -0.05) is 84.5 Å². The van der Waals surface area contributed by atoms with Gasteiger partial charge in [-0.25, -0.2) is 0 Å². The van der Waals surface area contributed by atoms with Gasteiger partial charge in [0.15, 0.2) is 0 Å². The molecule has 0 saturated heterocycles. The van der Waals surface area contributed by atoms with Crippen LogP contribution in [-0.4, -0.2) is 6.26 Å². The molecule has 4 unspecified atom stereocenters. The second-order valence-electron chi connectivity index (χ2n) is 11.8. The molecule has 2 saturated carbocycles. The van der Waals surface area contributed by atoms with E-state index in [0.29, 0.717) is 11.3 Å². The van der Waals surface area contributed by atoms with Gasteiger partial charge in [0.25, 0.3) is 0 Å². The van der Waals surface area contributed by atoms with E-state index in [9.17, 15) is 0 Å². The van der Waals surface area contributed by atoms with Crippen LogP contribution < -0.4 is 0 Å². The highest BCUT2D eigenvalue weighted by atomic mass is 32.2. The summed E-state index contributed by atoms with van der Waals surface area (Å²) in [6.07, 6.45) is 23.9. The molecule has 8 rings (SSSR count). The van der Waals surface area contributed by atoms with Crippen molar-refractivity contribution >= 4 is 55.6 Å². The Balaban J connectivity index is 1.07. The largest absolute Gasteiger partial charge is 0.139 e. The van der Waals surface area contributed by atoms with Gasteiger partial charge in [-0.2, -0.15) is 0 Å². The Bertz CT molecular complexity index is 1840. The maximum Gasteiger partial charge on any atom is 0.0409 e. The molecule has 1 heterocycles. The van der Waals surface area contributed by atoms with Crippen LogP contribution in [0.1, 0.15) is 39.3 Å². The molecule has 192 valence electrons. The number of aryl methyl sites for hydroxylation is 2. The lowest BCUT2D eigenvalue weighted by Crippen LogP contribution is -2.19. The van der Waals surface area contributed by atoms with Crippen LogP contribution in [0.4, 0.5) is 0 Å². The van der Waals surface area contributed by atoms with Gasteiger partial charge in [0.2, 0.25) is 0 Å². The van der Waals surface area contributed by atoms with Crippen LogP contribution in [0.25, 0.3) is 32.5 Å². The van der Waals surface area contributed by atoms with Gasteiger partial charge in [-0.3, -0.25) is 0 Å². The molecule has 0 radical (unpaired) electrons. The predicted octanol–water partition coefficient (Wildman–Crippen LogP) is 10.4. The lowest BCUT2D eigenvalue weighted by Gasteiger charge is -2.27. The third kappa shape index (κ3) is 3.44. The Labute approximate surface area is 239 Å². The summed E-state index contributed by atoms with van der Waals surface area (Å²) in [6.45, 7) is 4.51.